The number of anilines is 1. The Kier molecular flexibility index (Phi) is 6.20. The largest absolute Gasteiger partial charge is 0.392 e. The summed E-state index contributed by atoms with van der Waals surface area (Å²) in [7, 11) is 0. The van der Waals surface area contributed by atoms with Crippen molar-refractivity contribution in [2.75, 3.05) is 11.9 Å². The smallest absolute Gasteiger partial charge is 0.322 e. The molecular formula is C21H21ClFN3O3. The number of carbonyl (C=O) groups is 1. The van der Waals surface area contributed by atoms with Crippen molar-refractivity contribution >= 4 is 34.1 Å². The molecular weight excluding hydrogens is 397 g/mol. The van der Waals surface area contributed by atoms with Gasteiger partial charge in [-0.1, -0.05) is 29.8 Å². The number of rotatable bonds is 5. The van der Waals surface area contributed by atoms with Crippen LogP contribution in [0.1, 0.15) is 25.5 Å². The standard InChI is InChI=1S/C21H21ClFN3O3/c1-12(27)11-26(21(29)25-14-7-8-19(23)18(22)9-14)13(2)17-10-24-20(28)16-6-4-3-5-15(16)17/h3-10,12-13,27H,11H2,1-2H3,(H,24,28)(H,25,29)/t12-,13+/m1/s1. The van der Waals surface area contributed by atoms with E-state index in [1.165, 1.54) is 17.0 Å². The van der Waals surface area contributed by atoms with Gasteiger partial charge in [-0.25, -0.2) is 9.18 Å². The van der Waals surface area contributed by atoms with Crippen molar-refractivity contribution in [2.24, 2.45) is 0 Å². The lowest BCUT2D eigenvalue weighted by Crippen LogP contribution is -2.41. The molecule has 0 saturated carbocycles. The minimum absolute atomic E-state index is 0.0510. The lowest BCUT2D eigenvalue weighted by molar-refractivity contribution is 0.121. The first kappa shape index (κ1) is 20.8. The van der Waals surface area contributed by atoms with Crippen LogP contribution in [0, 0.1) is 5.82 Å². The molecule has 3 N–H and O–H groups in total. The summed E-state index contributed by atoms with van der Waals surface area (Å²) in [5, 5.41) is 13.7. The highest BCUT2D eigenvalue weighted by molar-refractivity contribution is 6.31. The number of aliphatic hydroxyl groups is 1. The topological polar surface area (TPSA) is 85.4 Å². The number of aliphatic hydroxyl groups excluding tert-OH is 1. The minimum Gasteiger partial charge on any atom is -0.392 e. The highest BCUT2D eigenvalue weighted by Crippen LogP contribution is 2.27. The van der Waals surface area contributed by atoms with Crippen molar-refractivity contribution in [3.63, 3.8) is 0 Å². The molecule has 0 aliphatic heterocycles. The van der Waals surface area contributed by atoms with E-state index in [0.29, 0.717) is 11.1 Å². The number of nitrogens with zero attached hydrogens (tertiary/aromatic N) is 1. The summed E-state index contributed by atoms with van der Waals surface area (Å²) in [6, 6.07) is 10.0. The summed E-state index contributed by atoms with van der Waals surface area (Å²) in [4.78, 5) is 29.2. The van der Waals surface area contributed by atoms with Gasteiger partial charge in [0, 0.05) is 23.8 Å². The molecule has 8 heteroatoms. The highest BCUT2D eigenvalue weighted by atomic mass is 35.5. The maximum Gasteiger partial charge on any atom is 0.322 e. The van der Waals surface area contributed by atoms with E-state index < -0.39 is 24.0 Å². The Morgan fingerprint density at radius 2 is 1.93 bits per heavy atom. The molecule has 29 heavy (non-hydrogen) atoms. The lowest BCUT2D eigenvalue weighted by Gasteiger charge is -2.31. The average Bonchev–Trinajstić information content (AvgIpc) is 2.69. The second-order valence-corrected chi connectivity index (χ2v) is 7.26. The lowest BCUT2D eigenvalue weighted by atomic mass is 10.0. The Morgan fingerprint density at radius 3 is 2.59 bits per heavy atom. The molecule has 0 aliphatic carbocycles. The van der Waals surface area contributed by atoms with Gasteiger partial charge in [-0.3, -0.25) is 4.79 Å². The van der Waals surface area contributed by atoms with Gasteiger partial charge in [0.05, 0.1) is 17.2 Å². The predicted octanol–water partition coefficient (Wildman–Crippen LogP) is 4.30. The van der Waals surface area contributed by atoms with Crippen LogP contribution in [-0.4, -0.2) is 33.7 Å². The van der Waals surface area contributed by atoms with Gasteiger partial charge in [-0.05, 0) is 49.1 Å². The monoisotopic (exact) mass is 417 g/mol. The zero-order chi connectivity index (χ0) is 21.1. The molecule has 152 valence electrons. The number of hydrogen-bond donors (Lipinski definition) is 3. The Morgan fingerprint density at radius 1 is 1.24 bits per heavy atom. The molecule has 0 bridgehead atoms. The van der Waals surface area contributed by atoms with Crippen LogP contribution in [0.25, 0.3) is 10.8 Å². The number of benzene rings is 2. The average molecular weight is 418 g/mol. The Bertz CT molecular complexity index is 1100. The van der Waals surface area contributed by atoms with Crippen molar-refractivity contribution in [1.29, 1.82) is 0 Å². The van der Waals surface area contributed by atoms with Gasteiger partial charge in [0.15, 0.2) is 0 Å². The molecule has 1 aromatic heterocycles. The van der Waals surface area contributed by atoms with Gasteiger partial charge in [-0.2, -0.15) is 0 Å². The predicted molar refractivity (Wildman–Crippen MR) is 112 cm³/mol. The Labute approximate surface area is 171 Å². The summed E-state index contributed by atoms with van der Waals surface area (Å²) in [5.74, 6) is -0.585. The van der Waals surface area contributed by atoms with Gasteiger partial charge in [0.25, 0.3) is 5.56 Å². The van der Waals surface area contributed by atoms with Crippen LogP contribution < -0.4 is 10.9 Å². The molecule has 2 amide bonds. The highest BCUT2D eigenvalue weighted by Gasteiger charge is 2.25. The molecule has 0 spiro atoms. The SMILES string of the molecule is C[C@@H](O)CN(C(=O)Nc1ccc(F)c(Cl)c1)[C@@H](C)c1c[nH]c(=O)c2ccccc12. The third-order valence-electron chi connectivity index (χ3n) is 4.65. The van der Waals surface area contributed by atoms with Crippen molar-refractivity contribution in [3.05, 3.63) is 75.4 Å². The molecule has 0 radical (unpaired) electrons. The number of aromatic nitrogens is 1. The second-order valence-electron chi connectivity index (χ2n) is 6.86. The van der Waals surface area contributed by atoms with E-state index in [1.807, 2.05) is 12.1 Å². The number of halogens is 2. The van der Waals surface area contributed by atoms with Gasteiger partial charge >= 0.3 is 6.03 Å². The fourth-order valence-electron chi connectivity index (χ4n) is 3.22. The van der Waals surface area contributed by atoms with Crippen molar-refractivity contribution < 1.29 is 14.3 Å². The summed E-state index contributed by atoms with van der Waals surface area (Å²) >= 11 is 5.79. The zero-order valence-corrected chi connectivity index (χ0v) is 16.7. The van der Waals surface area contributed by atoms with Crippen LogP contribution in [0.3, 0.4) is 0 Å². The van der Waals surface area contributed by atoms with Crippen LogP contribution in [0.2, 0.25) is 5.02 Å². The summed E-state index contributed by atoms with van der Waals surface area (Å²) in [6.45, 7) is 3.43. The van der Waals surface area contributed by atoms with Gasteiger partial charge in [0.2, 0.25) is 0 Å². The van der Waals surface area contributed by atoms with Crippen molar-refractivity contribution in [1.82, 2.24) is 9.88 Å². The fraction of sp³-hybridized carbons (Fsp3) is 0.238. The molecule has 0 aliphatic rings. The number of H-pyrrole nitrogens is 1. The number of fused-ring (bicyclic) bond motifs is 1. The van der Waals surface area contributed by atoms with Crippen LogP contribution in [0.15, 0.2) is 53.5 Å². The van der Waals surface area contributed by atoms with E-state index in [2.05, 4.69) is 10.3 Å². The molecule has 3 aromatic rings. The van der Waals surface area contributed by atoms with Crippen LogP contribution >= 0.6 is 11.6 Å². The third-order valence-corrected chi connectivity index (χ3v) is 4.94. The number of hydrogen-bond acceptors (Lipinski definition) is 3. The van der Waals surface area contributed by atoms with Gasteiger partial charge in [-0.15, -0.1) is 0 Å². The quantitative estimate of drug-likeness (QED) is 0.578. The van der Waals surface area contributed by atoms with E-state index in [1.54, 1.807) is 32.2 Å². The van der Waals surface area contributed by atoms with E-state index in [4.69, 9.17) is 11.6 Å². The van der Waals surface area contributed by atoms with E-state index in [-0.39, 0.29) is 17.1 Å². The minimum atomic E-state index is -0.783. The van der Waals surface area contributed by atoms with Gasteiger partial charge in [0.1, 0.15) is 5.82 Å². The Balaban J connectivity index is 1.96. The molecule has 3 rings (SSSR count). The van der Waals surface area contributed by atoms with Crippen LogP contribution in [0.4, 0.5) is 14.9 Å². The third kappa shape index (κ3) is 4.58. The van der Waals surface area contributed by atoms with E-state index in [9.17, 15) is 19.1 Å². The summed E-state index contributed by atoms with van der Waals surface area (Å²) in [6.07, 6.45) is 0.793. The number of nitrogens with one attached hydrogen (secondary N) is 2. The summed E-state index contributed by atoms with van der Waals surface area (Å²) < 4.78 is 13.4. The maximum atomic E-state index is 13.4. The van der Waals surface area contributed by atoms with Crippen LogP contribution in [0.5, 0.6) is 0 Å². The maximum absolute atomic E-state index is 13.4. The first-order chi connectivity index (χ1) is 13.8. The number of aromatic amines is 1. The number of carbonyl (C=O) groups excluding carboxylic acids is 1. The number of amides is 2. The van der Waals surface area contributed by atoms with Crippen molar-refractivity contribution in [3.8, 4) is 0 Å². The van der Waals surface area contributed by atoms with Crippen molar-refractivity contribution in [2.45, 2.75) is 26.0 Å². The molecule has 0 unspecified atom stereocenters. The number of pyridine rings is 1. The molecule has 2 atom stereocenters. The molecule has 6 nitrogen and oxygen atoms in total. The second kappa shape index (κ2) is 8.63. The molecule has 1 heterocycles. The Hall–Kier alpha value is -2.90. The first-order valence-electron chi connectivity index (χ1n) is 9.09. The summed E-state index contributed by atoms with van der Waals surface area (Å²) in [5.41, 5.74) is 0.840. The fourth-order valence-corrected chi connectivity index (χ4v) is 3.40. The normalized spacial score (nSPS) is 13.1. The molecule has 0 fully saturated rings. The van der Waals surface area contributed by atoms with Gasteiger partial charge < -0.3 is 20.3 Å². The van der Waals surface area contributed by atoms with Crippen LogP contribution in [-0.2, 0) is 0 Å². The molecule has 0 saturated heterocycles. The first-order valence-corrected chi connectivity index (χ1v) is 9.46. The van der Waals surface area contributed by atoms with E-state index >= 15 is 0 Å². The zero-order valence-electron chi connectivity index (χ0n) is 15.9. The number of urea groups is 1. The van der Waals surface area contributed by atoms with E-state index in [0.717, 1.165) is 17.0 Å². The molecule has 2 aromatic carbocycles.